The molecule has 4 aromatic heterocycles. The van der Waals surface area contributed by atoms with Crippen LogP contribution in [0.25, 0.3) is 22.3 Å². The van der Waals surface area contributed by atoms with E-state index in [0.717, 1.165) is 41.2 Å². The Morgan fingerprint density at radius 3 is 2.50 bits per heavy atom. The van der Waals surface area contributed by atoms with Gasteiger partial charge in [-0.3, -0.25) is 9.58 Å². The molecule has 50 heavy (non-hydrogen) atoms. The Morgan fingerprint density at radius 2 is 1.84 bits per heavy atom. The van der Waals surface area contributed by atoms with Crippen molar-refractivity contribution >= 4 is 19.1 Å². The van der Waals surface area contributed by atoms with E-state index in [-0.39, 0.29) is 23.7 Å². The molecule has 0 unspecified atom stereocenters. The van der Waals surface area contributed by atoms with Crippen LogP contribution < -0.4 is 4.74 Å². The Balaban J connectivity index is 1.08. The van der Waals surface area contributed by atoms with Crippen LogP contribution in [0.4, 0.5) is 13.2 Å². The highest BCUT2D eigenvalue weighted by molar-refractivity contribution is 6.76. The maximum absolute atomic E-state index is 13.5. The van der Waals surface area contributed by atoms with Gasteiger partial charge in [0.1, 0.15) is 35.9 Å². The first-order valence-corrected chi connectivity index (χ1v) is 20.7. The number of alkyl halides is 3. The van der Waals surface area contributed by atoms with Gasteiger partial charge in [-0.1, -0.05) is 19.6 Å². The van der Waals surface area contributed by atoms with E-state index < -0.39 is 31.2 Å². The number of rotatable bonds is 12. The fraction of sp³-hybridized carbons (Fsp3) is 0.588. The molecule has 1 saturated carbocycles. The number of ether oxygens (including phenoxy) is 2. The number of fused-ring (bicyclic) bond motifs is 1. The van der Waals surface area contributed by atoms with Gasteiger partial charge in [-0.15, -0.1) is 0 Å². The molecule has 6 rings (SSSR count). The highest BCUT2D eigenvalue weighted by atomic mass is 28.3. The van der Waals surface area contributed by atoms with Gasteiger partial charge in [-0.05, 0) is 51.6 Å². The van der Waals surface area contributed by atoms with E-state index in [1.54, 1.807) is 12.5 Å². The minimum atomic E-state index is -4.77. The molecule has 2 fully saturated rings. The zero-order valence-corrected chi connectivity index (χ0v) is 30.1. The fourth-order valence-corrected chi connectivity index (χ4v) is 7.42. The van der Waals surface area contributed by atoms with Gasteiger partial charge >= 0.3 is 6.18 Å². The van der Waals surface area contributed by atoms with E-state index in [4.69, 9.17) is 14.6 Å². The van der Waals surface area contributed by atoms with Crippen LogP contribution in [0.1, 0.15) is 57.5 Å². The van der Waals surface area contributed by atoms with E-state index in [2.05, 4.69) is 50.5 Å². The van der Waals surface area contributed by atoms with Crippen LogP contribution in [0.15, 0.2) is 37.1 Å². The SMILES string of the molecule is CC(C)(O)c1cc(OC2CCC(N3CC(CC#N)(n4cc(-c5ncnc6c5ccn6COCC[Si](C)(C)C)cn4)C3)CC2)nc(C(F)(F)F)n1. The molecular formula is C34H44F3N9O3Si. The molecule has 0 amide bonds. The number of halogens is 3. The maximum atomic E-state index is 13.5. The summed E-state index contributed by atoms with van der Waals surface area (Å²) in [5, 5.41) is 25.7. The van der Waals surface area contributed by atoms with Gasteiger partial charge in [-0.2, -0.15) is 28.5 Å². The van der Waals surface area contributed by atoms with Crippen molar-refractivity contribution in [2.24, 2.45) is 0 Å². The van der Waals surface area contributed by atoms with Crippen LogP contribution in [-0.2, 0) is 28.8 Å². The predicted molar refractivity (Wildman–Crippen MR) is 182 cm³/mol. The van der Waals surface area contributed by atoms with Crippen molar-refractivity contribution in [3.05, 3.63) is 48.6 Å². The minimum Gasteiger partial charge on any atom is -0.474 e. The van der Waals surface area contributed by atoms with Crippen molar-refractivity contribution in [2.75, 3.05) is 19.7 Å². The first-order valence-electron chi connectivity index (χ1n) is 16.9. The van der Waals surface area contributed by atoms with Crippen LogP contribution in [0.3, 0.4) is 0 Å². The number of aliphatic hydroxyl groups is 1. The Kier molecular flexibility index (Phi) is 9.81. The lowest BCUT2D eigenvalue weighted by molar-refractivity contribution is -0.145. The van der Waals surface area contributed by atoms with Crippen molar-refractivity contribution in [3.8, 4) is 23.2 Å². The number of hydrogen-bond acceptors (Lipinski definition) is 10. The van der Waals surface area contributed by atoms with Crippen molar-refractivity contribution in [3.63, 3.8) is 0 Å². The van der Waals surface area contributed by atoms with Gasteiger partial charge < -0.3 is 19.1 Å². The fourth-order valence-electron chi connectivity index (χ4n) is 6.66. The number of nitriles is 1. The molecule has 1 aliphatic carbocycles. The summed E-state index contributed by atoms with van der Waals surface area (Å²) in [6.07, 6.45) is 5.31. The Bertz CT molecular complexity index is 1810. The Morgan fingerprint density at radius 1 is 1.10 bits per heavy atom. The topological polar surface area (TPSA) is 140 Å². The first kappa shape index (κ1) is 35.9. The van der Waals surface area contributed by atoms with E-state index >= 15 is 0 Å². The van der Waals surface area contributed by atoms with Crippen LogP contribution in [0.5, 0.6) is 5.88 Å². The lowest BCUT2D eigenvalue weighted by atomic mass is 9.82. The molecule has 1 N–H and O–H groups in total. The van der Waals surface area contributed by atoms with Gasteiger partial charge in [0.15, 0.2) is 0 Å². The van der Waals surface area contributed by atoms with Crippen LogP contribution in [0, 0.1) is 11.3 Å². The third kappa shape index (κ3) is 7.85. The molecule has 0 aromatic carbocycles. The normalized spacial score (nSPS) is 20.1. The molecule has 0 bridgehead atoms. The van der Waals surface area contributed by atoms with E-state index in [0.29, 0.717) is 45.7 Å². The van der Waals surface area contributed by atoms with Crippen molar-refractivity contribution in [1.29, 1.82) is 5.26 Å². The average molecular weight is 712 g/mol. The second-order valence-electron chi connectivity index (χ2n) is 15.3. The lowest BCUT2D eigenvalue weighted by Gasteiger charge is -2.53. The highest BCUT2D eigenvalue weighted by Crippen LogP contribution is 2.39. The zero-order valence-electron chi connectivity index (χ0n) is 29.1. The Hall–Kier alpha value is -3.91. The molecular weight excluding hydrogens is 668 g/mol. The Labute approximate surface area is 290 Å². The van der Waals surface area contributed by atoms with Crippen LogP contribution in [-0.4, -0.2) is 84.2 Å². The number of aromatic nitrogens is 7. The standard InChI is InChI=1S/C34H44F3N9O3Si/c1-32(2,47)27-16-28(43-31(42-27)34(35,36)37)49-25-8-6-24(7-9-25)45-19-33(20-45,11-12-38)46-18-23(17-41-46)29-26-10-13-44(30(26)40-21-39-29)22-48-14-15-50(3,4)5/h10,13,16-18,21,24-25,47H,6-9,11,14-15,19-20,22H2,1-5H3. The highest BCUT2D eigenvalue weighted by Gasteiger charge is 2.48. The molecule has 268 valence electrons. The second-order valence-corrected chi connectivity index (χ2v) is 20.9. The summed E-state index contributed by atoms with van der Waals surface area (Å²) in [4.78, 5) is 18.6. The molecule has 5 heterocycles. The molecule has 0 radical (unpaired) electrons. The average Bonchev–Trinajstić information content (AvgIpc) is 3.68. The van der Waals surface area contributed by atoms with Crippen molar-refractivity contribution in [2.45, 2.75) is 108 Å². The van der Waals surface area contributed by atoms with Gasteiger partial charge in [0, 0.05) is 63.2 Å². The quantitative estimate of drug-likeness (QED) is 0.138. The molecule has 16 heteroatoms. The third-order valence-corrected chi connectivity index (χ3v) is 11.3. The van der Waals surface area contributed by atoms with Crippen molar-refractivity contribution in [1.82, 2.24) is 39.2 Å². The van der Waals surface area contributed by atoms with E-state index in [1.807, 2.05) is 27.7 Å². The number of likely N-dealkylation sites (tertiary alicyclic amines) is 1. The molecule has 12 nitrogen and oxygen atoms in total. The molecule has 1 saturated heterocycles. The molecule has 2 aliphatic rings. The molecule has 0 spiro atoms. The maximum Gasteiger partial charge on any atom is 0.451 e. The monoisotopic (exact) mass is 711 g/mol. The summed E-state index contributed by atoms with van der Waals surface area (Å²) in [6.45, 7) is 12.1. The second kappa shape index (κ2) is 13.7. The van der Waals surface area contributed by atoms with Crippen molar-refractivity contribution < 1.29 is 27.8 Å². The smallest absolute Gasteiger partial charge is 0.451 e. The molecule has 1 aliphatic heterocycles. The molecule has 0 atom stereocenters. The summed E-state index contributed by atoms with van der Waals surface area (Å²) in [5.74, 6) is -1.53. The zero-order chi connectivity index (χ0) is 35.9. The first-order chi connectivity index (χ1) is 23.5. The minimum absolute atomic E-state index is 0.153. The summed E-state index contributed by atoms with van der Waals surface area (Å²) < 4.78 is 56.1. The van der Waals surface area contributed by atoms with Crippen LogP contribution in [0.2, 0.25) is 25.7 Å². The van der Waals surface area contributed by atoms with Gasteiger partial charge in [0.2, 0.25) is 11.7 Å². The number of nitrogens with zero attached hydrogens (tertiary/aromatic N) is 9. The number of hydrogen-bond donors (Lipinski definition) is 1. The van der Waals surface area contributed by atoms with Crippen LogP contribution >= 0.6 is 0 Å². The van der Waals surface area contributed by atoms with Gasteiger partial charge in [0.25, 0.3) is 0 Å². The van der Waals surface area contributed by atoms with Gasteiger partial charge in [-0.25, -0.2) is 15.0 Å². The lowest BCUT2D eigenvalue weighted by Crippen LogP contribution is -2.65. The summed E-state index contributed by atoms with van der Waals surface area (Å²) in [7, 11) is -1.18. The summed E-state index contributed by atoms with van der Waals surface area (Å²) >= 11 is 0. The summed E-state index contributed by atoms with van der Waals surface area (Å²) in [6, 6.07) is 6.96. The van der Waals surface area contributed by atoms with E-state index in [1.165, 1.54) is 19.9 Å². The summed E-state index contributed by atoms with van der Waals surface area (Å²) in [5.41, 5.74) is 0.177. The van der Waals surface area contributed by atoms with E-state index in [9.17, 15) is 23.5 Å². The third-order valence-electron chi connectivity index (χ3n) is 9.56. The molecule has 4 aromatic rings. The largest absolute Gasteiger partial charge is 0.474 e. The van der Waals surface area contributed by atoms with Gasteiger partial charge in [0.05, 0.1) is 30.1 Å². The predicted octanol–water partition coefficient (Wildman–Crippen LogP) is 5.96.